The molecule has 113 heavy (non-hydrogen) atoms. The molecule has 0 spiro atoms. The number of amides is 1. The van der Waals surface area contributed by atoms with Crippen LogP contribution in [0.5, 0.6) is 0 Å². The van der Waals surface area contributed by atoms with E-state index in [1.165, 1.54) is 88.5 Å². The van der Waals surface area contributed by atoms with Gasteiger partial charge in [-0.25, -0.2) is 45.2 Å². The van der Waals surface area contributed by atoms with Gasteiger partial charge in [0.25, 0.3) is 16.7 Å². The van der Waals surface area contributed by atoms with Crippen LogP contribution in [0.2, 0.25) is 5.35 Å². The van der Waals surface area contributed by atoms with Crippen LogP contribution in [-0.2, 0) is 29.1 Å². The van der Waals surface area contributed by atoms with E-state index in [-0.39, 0.29) is 75.8 Å². The third-order valence-corrected chi connectivity index (χ3v) is 17.8. The number of hydrogen-bond acceptors (Lipinski definition) is 23. The number of anilines is 2. The lowest BCUT2D eigenvalue weighted by molar-refractivity contribution is 0.0238. The molecule has 4 aliphatic heterocycles. The topological polar surface area (TPSA) is 294 Å². The van der Waals surface area contributed by atoms with Crippen LogP contribution in [0.15, 0.2) is 192 Å². The van der Waals surface area contributed by atoms with Crippen LogP contribution in [0.3, 0.4) is 0 Å². The molecule has 2 N–H and O–H groups in total. The Morgan fingerprint density at radius 2 is 0.796 bits per heavy atom. The summed E-state index contributed by atoms with van der Waals surface area (Å²) in [7, 11) is 2.15. The normalized spacial score (nSPS) is 14.3. The van der Waals surface area contributed by atoms with E-state index in [0.29, 0.717) is 72.5 Å². The first kappa shape index (κ1) is 80.5. The molecular weight excluding hydrogens is 1490 g/mol. The van der Waals surface area contributed by atoms with Crippen molar-refractivity contribution in [2.24, 2.45) is 0 Å². The van der Waals surface area contributed by atoms with Crippen molar-refractivity contribution in [3.05, 3.63) is 252 Å². The Hall–Kier alpha value is -12.0. The highest BCUT2D eigenvalue weighted by molar-refractivity contribution is 6.27. The van der Waals surface area contributed by atoms with Crippen molar-refractivity contribution >= 4 is 29.7 Å². The largest absolute Gasteiger partial charge is 0.444 e. The lowest BCUT2D eigenvalue weighted by Crippen LogP contribution is -2.50. The highest BCUT2D eigenvalue weighted by Crippen LogP contribution is 2.28. The van der Waals surface area contributed by atoms with Crippen molar-refractivity contribution in [2.45, 2.75) is 58.8 Å². The van der Waals surface area contributed by atoms with Crippen molar-refractivity contribution < 1.29 is 54.2 Å². The summed E-state index contributed by atoms with van der Waals surface area (Å²) in [5, 5.41) is 31.3. The van der Waals surface area contributed by atoms with Crippen molar-refractivity contribution in [1.82, 2.24) is 80.2 Å². The predicted molar refractivity (Wildman–Crippen MR) is 409 cm³/mol. The van der Waals surface area contributed by atoms with Gasteiger partial charge in [-0.05, 0) is 142 Å². The van der Waals surface area contributed by atoms with E-state index in [0.717, 1.165) is 117 Å². The second kappa shape index (κ2) is 37.8. The maximum atomic E-state index is 13.7. The van der Waals surface area contributed by atoms with Gasteiger partial charge in [-0.2, -0.15) is 30.2 Å². The van der Waals surface area contributed by atoms with Crippen molar-refractivity contribution in [3.8, 4) is 67.9 Å². The van der Waals surface area contributed by atoms with Crippen LogP contribution in [0, 0.1) is 34.9 Å². The van der Waals surface area contributed by atoms with Crippen LogP contribution in [0.4, 0.5) is 43.2 Å². The van der Waals surface area contributed by atoms with Gasteiger partial charge >= 0.3 is 23.5 Å². The Bertz CT molecular complexity index is 5350. The van der Waals surface area contributed by atoms with Crippen LogP contribution >= 0.6 is 11.6 Å². The standard InChI is InChI=1S/C28H28F2N6O4.C23H20F2N6O2.C19H11ClF2N4O2.C5H12N2.C4H8O/c1-28(2,3)39-27(38)35-11-9-34(10-12-35)26-31-25(33-40-26)19-6-4-5-18(13-19)17-36-24(37)8-7-23(32-36)20-14-21(29)16-22(30)15-20;24-18-11-17(12-19(25)13-18)20-4-5-21(32)31(28-20)14-15-2-1-3-16(10-15)22-27-23(33-29-22)30-8-6-26-7-9-30;20-19-23-18(25-28-19)12-3-1-2-11(6-12)10-26-17(27)5-4-16(24-26)13-7-14(21)9-15(22)8-13;1-7-4-2-6-3-5-7;1-2-4-5-3-1/h4-8,13-16H,9-12,17H2,1-3H3;1-5,10-13,26H,6-9,14H2;1-9H,10H2;6H,2-5H2,1H3;1-4H2. The molecule has 6 aromatic carbocycles. The third-order valence-electron chi connectivity index (χ3n) is 17.6. The minimum atomic E-state index is -0.730. The molecule has 0 radical (unpaired) electrons. The maximum Gasteiger partial charge on any atom is 0.410 e. The number of ether oxygens (including phenoxy) is 2. The van der Waals surface area contributed by atoms with E-state index in [4.69, 9.17) is 34.6 Å². The number of carbonyl (C=O) groups excluding carboxylic acids is 1. The molecule has 0 unspecified atom stereocenters. The fourth-order valence-electron chi connectivity index (χ4n) is 12.0. The van der Waals surface area contributed by atoms with Gasteiger partial charge in [0.2, 0.25) is 17.5 Å². The number of aromatic nitrogens is 12. The van der Waals surface area contributed by atoms with Gasteiger partial charge in [-0.15, -0.1) is 0 Å². The second-order valence-corrected chi connectivity index (χ2v) is 27.8. The maximum absolute atomic E-state index is 13.7. The zero-order chi connectivity index (χ0) is 79.5. The molecule has 4 fully saturated rings. The molecule has 0 saturated carbocycles. The second-order valence-electron chi connectivity index (χ2n) is 27.5. The summed E-state index contributed by atoms with van der Waals surface area (Å²) >= 11 is 5.65. The molecule has 4 aliphatic rings. The van der Waals surface area contributed by atoms with Gasteiger partial charge in [-0.3, -0.25) is 14.4 Å². The highest BCUT2D eigenvalue weighted by atomic mass is 35.5. The number of piperazine rings is 3. The van der Waals surface area contributed by atoms with Crippen molar-refractivity contribution in [3.63, 3.8) is 0 Å². The quantitative estimate of drug-likeness (QED) is 0.0956. The SMILES string of the molecule is C1CCOC1.CC(C)(C)OC(=O)N1CCN(c2nc(-c3cccc(Cn4nc(-c5cc(F)cc(F)c5)ccc4=O)c3)no2)CC1.CN1CCNCC1.O=c1ccc(-c2cc(F)cc(F)c2)nn1Cc1cccc(-c2noc(Cl)n2)c1.O=c1ccc(-c2cc(F)cc(F)c2)nn1Cc1cccc(-c2noc(N3CCNCC3)n2)c1. The zero-order valence-corrected chi connectivity index (χ0v) is 62.8. The Morgan fingerprint density at radius 1 is 0.442 bits per heavy atom. The molecule has 34 heteroatoms. The summed E-state index contributed by atoms with van der Waals surface area (Å²) in [5.74, 6) is -3.18. The molecule has 16 rings (SSSR count). The molecule has 10 heterocycles. The fourth-order valence-corrected chi connectivity index (χ4v) is 12.1. The van der Waals surface area contributed by atoms with Crippen LogP contribution < -0.4 is 37.1 Å². The lowest BCUT2D eigenvalue weighted by Gasteiger charge is -2.34. The van der Waals surface area contributed by atoms with Gasteiger partial charge < -0.3 is 53.3 Å². The number of nitrogens with zero attached hydrogens (tertiary/aromatic N) is 16. The molecule has 27 nitrogen and oxygen atoms in total. The van der Waals surface area contributed by atoms with Gasteiger partial charge in [0.05, 0.1) is 36.7 Å². The molecule has 12 aromatic rings. The molecule has 0 bridgehead atoms. The smallest absolute Gasteiger partial charge is 0.410 e. The summed E-state index contributed by atoms with van der Waals surface area (Å²) in [6.07, 6.45) is 2.21. The van der Waals surface area contributed by atoms with E-state index in [2.05, 4.69) is 68.3 Å². The number of hydrogen-bond donors (Lipinski definition) is 2. The zero-order valence-electron chi connectivity index (χ0n) is 62.0. The van der Waals surface area contributed by atoms with Crippen LogP contribution in [-0.4, -0.2) is 180 Å². The van der Waals surface area contributed by atoms with E-state index < -0.39 is 40.5 Å². The number of nitrogens with one attached hydrogen (secondary N) is 2. The molecule has 6 aromatic heterocycles. The number of likely N-dealkylation sites (N-methyl/N-ethyl adjacent to an activating group) is 1. The van der Waals surface area contributed by atoms with Crippen molar-refractivity contribution in [2.75, 3.05) is 109 Å². The first-order valence-corrected chi connectivity index (χ1v) is 36.6. The van der Waals surface area contributed by atoms with Gasteiger partial charge in [-0.1, -0.05) is 70.1 Å². The fraction of sp³-hybridized carbons (Fsp3) is 0.304. The predicted octanol–water partition coefficient (Wildman–Crippen LogP) is 11.3. The van der Waals surface area contributed by atoms with E-state index >= 15 is 0 Å². The van der Waals surface area contributed by atoms with Gasteiger partial charge in [0, 0.05) is 162 Å². The lowest BCUT2D eigenvalue weighted by atomic mass is 10.1. The van der Waals surface area contributed by atoms with Crippen LogP contribution in [0.1, 0.15) is 50.3 Å². The minimum Gasteiger partial charge on any atom is -0.444 e. The average molecular weight is 1570 g/mol. The van der Waals surface area contributed by atoms with Gasteiger partial charge in [0.15, 0.2) is 0 Å². The van der Waals surface area contributed by atoms with E-state index in [1.54, 1.807) is 35.2 Å². The molecule has 1 amide bonds. The average Bonchev–Trinajstić information content (AvgIpc) is 1.81. The van der Waals surface area contributed by atoms with Gasteiger partial charge in [0.1, 0.15) is 40.5 Å². The van der Waals surface area contributed by atoms with Crippen molar-refractivity contribution in [1.29, 1.82) is 0 Å². The Balaban J connectivity index is 0.000000147. The minimum absolute atomic E-state index is 0.0756. The Kier molecular flexibility index (Phi) is 26.9. The molecule has 0 aliphatic carbocycles. The molecule has 4 saturated heterocycles. The summed E-state index contributed by atoms with van der Waals surface area (Å²) < 4.78 is 111. The first-order valence-electron chi connectivity index (χ1n) is 36.2. The molecule has 588 valence electrons. The molecular formula is C79H79ClF6N18O9. The number of halogens is 7. The third kappa shape index (κ3) is 23.1. The highest BCUT2D eigenvalue weighted by Gasteiger charge is 2.29. The monoisotopic (exact) mass is 1570 g/mol. The van der Waals surface area contributed by atoms with E-state index in [1.807, 2.05) is 73.0 Å². The number of benzene rings is 6. The van der Waals surface area contributed by atoms with E-state index in [9.17, 15) is 45.5 Å². The number of carbonyl (C=O) groups is 1. The Morgan fingerprint density at radius 3 is 1.12 bits per heavy atom. The summed E-state index contributed by atoms with van der Waals surface area (Å²) in [4.78, 5) is 70.3. The summed E-state index contributed by atoms with van der Waals surface area (Å²) in [5.41, 5.74) is 4.31. The summed E-state index contributed by atoms with van der Waals surface area (Å²) in [6, 6.07) is 40.1. The van der Waals surface area contributed by atoms with Crippen LogP contribution in [0.25, 0.3) is 67.9 Å². The Labute approximate surface area is 648 Å². The first-order chi connectivity index (χ1) is 54.5. The molecule has 0 atom stereocenters. The number of rotatable bonds is 14. The summed E-state index contributed by atoms with van der Waals surface area (Å²) in [6.45, 7) is 17.9.